The molecule has 0 radical (unpaired) electrons. The van der Waals surface area contributed by atoms with Crippen LogP contribution < -0.4 is 0 Å². The van der Waals surface area contributed by atoms with Crippen molar-refractivity contribution in [2.45, 2.75) is 0 Å². The van der Waals surface area contributed by atoms with Gasteiger partial charge in [-0.1, -0.05) is 11.6 Å². The summed E-state index contributed by atoms with van der Waals surface area (Å²) in [5.74, 6) is 0. The molecule has 2 aromatic rings. The summed E-state index contributed by atoms with van der Waals surface area (Å²) in [5.41, 5.74) is 1.91. The number of fused-ring (bicyclic) bond motifs is 1. The molecule has 0 aliphatic carbocycles. The standard InChI is InChI=1S/C11H8ClNO/c12-9-3-4-11-8(6-9)7-10(13-11)2-1-5-14/h1-7,13H/b2-1+. The summed E-state index contributed by atoms with van der Waals surface area (Å²) in [5, 5.41) is 1.76. The fourth-order valence-electron chi connectivity index (χ4n) is 1.36. The van der Waals surface area contributed by atoms with Gasteiger partial charge in [0, 0.05) is 21.6 Å². The van der Waals surface area contributed by atoms with Gasteiger partial charge >= 0.3 is 0 Å². The molecule has 2 rings (SSSR count). The highest BCUT2D eigenvalue weighted by Crippen LogP contribution is 2.20. The number of hydrogen-bond acceptors (Lipinski definition) is 1. The number of aromatic amines is 1. The molecule has 0 saturated heterocycles. The molecule has 0 atom stereocenters. The van der Waals surface area contributed by atoms with Gasteiger partial charge in [0.15, 0.2) is 0 Å². The third kappa shape index (κ3) is 1.70. The second kappa shape index (κ2) is 3.68. The van der Waals surface area contributed by atoms with Crippen molar-refractivity contribution in [2.75, 3.05) is 0 Å². The smallest absolute Gasteiger partial charge is 0.142 e. The number of benzene rings is 1. The van der Waals surface area contributed by atoms with E-state index in [-0.39, 0.29) is 0 Å². The lowest BCUT2D eigenvalue weighted by molar-refractivity contribution is -0.104. The van der Waals surface area contributed by atoms with Crippen LogP contribution in [0.5, 0.6) is 0 Å². The summed E-state index contributed by atoms with van der Waals surface area (Å²) in [6.45, 7) is 0. The van der Waals surface area contributed by atoms with Gasteiger partial charge < -0.3 is 4.98 Å². The molecular formula is C11H8ClNO. The Labute approximate surface area is 86.2 Å². The lowest BCUT2D eigenvalue weighted by Gasteiger charge is -1.88. The number of rotatable bonds is 2. The van der Waals surface area contributed by atoms with Crippen molar-refractivity contribution in [1.82, 2.24) is 4.98 Å². The Morgan fingerprint density at radius 3 is 2.93 bits per heavy atom. The second-order valence-electron chi connectivity index (χ2n) is 2.95. The van der Waals surface area contributed by atoms with Crippen LogP contribution in [0.3, 0.4) is 0 Å². The number of aromatic nitrogens is 1. The molecule has 0 aliphatic heterocycles. The number of allylic oxidation sites excluding steroid dienone is 1. The van der Waals surface area contributed by atoms with E-state index in [0.717, 1.165) is 22.9 Å². The minimum Gasteiger partial charge on any atom is -0.355 e. The van der Waals surface area contributed by atoms with Crippen molar-refractivity contribution in [3.63, 3.8) is 0 Å². The fourth-order valence-corrected chi connectivity index (χ4v) is 1.54. The zero-order valence-electron chi connectivity index (χ0n) is 7.33. The zero-order chi connectivity index (χ0) is 9.97. The van der Waals surface area contributed by atoms with Crippen LogP contribution in [0.25, 0.3) is 17.0 Å². The largest absolute Gasteiger partial charge is 0.355 e. The molecule has 2 nitrogen and oxygen atoms in total. The lowest BCUT2D eigenvalue weighted by Crippen LogP contribution is -1.69. The molecule has 0 saturated carbocycles. The average Bonchev–Trinajstić information content (AvgIpc) is 2.56. The molecular weight excluding hydrogens is 198 g/mol. The van der Waals surface area contributed by atoms with Crippen LogP contribution in [-0.2, 0) is 4.79 Å². The first-order chi connectivity index (χ1) is 6.79. The predicted molar refractivity (Wildman–Crippen MR) is 58.4 cm³/mol. The third-order valence-electron chi connectivity index (χ3n) is 1.96. The summed E-state index contributed by atoms with van der Waals surface area (Å²) in [7, 11) is 0. The Bertz CT molecular complexity index is 499. The highest BCUT2D eigenvalue weighted by molar-refractivity contribution is 6.31. The minimum atomic E-state index is 0.711. The predicted octanol–water partition coefficient (Wildman–Crippen LogP) is 3.03. The van der Waals surface area contributed by atoms with Crippen molar-refractivity contribution < 1.29 is 4.79 Å². The van der Waals surface area contributed by atoms with Gasteiger partial charge in [0.1, 0.15) is 6.29 Å². The first-order valence-corrected chi connectivity index (χ1v) is 4.57. The molecule has 1 aromatic heterocycles. The topological polar surface area (TPSA) is 32.9 Å². The zero-order valence-corrected chi connectivity index (χ0v) is 8.08. The summed E-state index contributed by atoms with van der Waals surface area (Å²) < 4.78 is 0. The van der Waals surface area contributed by atoms with Crippen LogP contribution in [0.2, 0.25) is 5.02 Å². The van der Waals surface area contributed by atoms with Gasteiger partial charge in [-0.25, -0.2) is 0 Å². The van der Waals surface area contributed by atoms with E-state index in [1.165, 1.54) is 6.08 Å². The number of hydrogen-bond donors (Lipinski definition) is 1. The first-order valence-electron chi connectivity index (χ1n) is 4.20. The molecule has 0 amide bonds. The SMILES string of the molecule is O=C/C=C/c1cc2cc(Cl)ccc2[nH]1. The molecule has 1 aromatic carbocycles. The van der Waals surface area contributed by atoms with Gasteiger partial charge in [0.2, 0.25) is 0 Å². The molecule has 70 valence electrons. The maximum absolute atomic E-state index is 10.1. The van der Waals surface area contributed by atoms with Gasteiger partial charge in [-0.3, -0.25) is 4.79 Å². The van der Waals surface area contributed by atoms with Gasteiger partial charge in [-0.15, -0.1) is 0 Å². The second-order valence-corrected chi connectivity index (χ2v) is 3.39. The molecule has 3 heteroatoms. The van der Waals surface area contributed by atoms with E-state index in [4.69, 9.17) is 11.6 Å². The van der Waals surface area contributed by atoms with E-state index < -0.39 is 0 Å². The normalized spacial score (nSPS) is 11.2. The van der Waals surface area contributed by atoms with Crippen LogP contribution in [0.1, 0.15) is 5.69 Å². The Morgan fingerprint density at radius 1 is 1.29 bits per heavy atom. The van der Waals surface area contributed by atoms with E-state index in [1.807, 2.05) is 24.3 Å². The number of aldehydes is 1. The van der Waals surface area contributed by atoms with Crippen LogP contribution in [0, 0.1) is 0 Å². The molecule has 0 aliphatic rings. The molecule has 14 heavy (non-hydrogen) atoms. The monoisotopic (exact) mass is 205 g/mol. The Balaban J connectivity index is 2.51. The average molecular weight is 206 g/mol. The number of carbonyl (C=O) groups excluding carboxylic acids is 1. The maximum atomic E-state index is 10.1. The Kier molecular flexibility index (Phi) is 2.37. The van der Waals surface area contributed by atoms with Crippen molar-refractivity contribution in [3.05, 3.63) is 41.1 Å². The van der Waals surface area contributed by atoms with Gasteiger partial charge in [-0.2, -0.15) is 0 Å². The van der Waals surface area contributed by atoms with E-state index in [0.29, 0.717) is 5.02 Å². The summed E-state index contributed by atoms with van der Waals surface area (Å²) in [4.78, 5) is 13.3. The van der Waals surface area contributed by atoms with Crippen LogP contribution in [0.4, 0.5) is 0 Å². The molecule has 0 fully saturated rings. The summed E-state index contributed by atoms with van der Waals surface area (Å²) in [6, 6.07) is 7.57. The maximum Gasteiger partial charge on any atom is 0.142 e. The number of nitrogens with one attached hydrogen (secondary N) is 1. The first kappa shape index (κ1) is 9.03. The Morgan fingerprint density at radius 2 is 2.14 bits per heavy atom. The highest BCUT2D eigenvalue weighted by atomic mass is 35.5. The molecule has 0 bridgehead atoms. The highest BCUT2D eigenvalue weighted by Gasteiger charge is 1.98. The van der Waals surface area contributed by atoms with E-state index >= 15 is 0 Å². The Hall–Kier alpha value is -1.54. The number of H-pyrrole nitrogens is 1. The van der Waals surface area contributed by atoms with Crippen molar-refractivity contribution in [1.29, 1.82) is 0 Å². The van der Waals surface area contributed by atoms with Crippen LogP contribution in [-0.4, -0.2) is 11.3 Å². The van der Waals surface area contributed by atoms with Crippen LogP contribution >= 0.6 is 11.6 Å². The van der Waals surface area contributed by atoms with Crippen LogP contribution in [0.15, 0.2) is 30.3 Å². The third-order valence-corrected chi connectivity index (χ3v) is 2.19. The van der Waals surface area contributed by atoms with E-state index in [9.17, 15) is 4.79 Å². The van der Waals surface area contributed by atoms with Gasteiger partial charge in [-0.05, 0) is 36.4 Å². The fraction of sp³-hybridized carbons (Fsp3) is 0. The van der Waals surface area contributed by atoms with Crippen molar-refractivity contribution >= 4 is 34.9 Å². The quantitative estimate of drug-likeness (QED) is 0.593. The number of carbonyl (C=O) groups is 1. The molecule has 1 heterocycles. The van der Waals surface area contributed by atoms with Gasteiger partial charge in [0.25, 0.3) is 0 Å². The van der Waals surface area contributed by atoms with E-state index in [1.54, 1.807) is 6.08 Å². The summed E-state index contributed by atoms with van der Waals surface area (Å²) in [6.07, 6.45) is 3.92. The molecule has 0 unspecified atom stereocenters. The van der Waals surface area contributed by atoms with Gasteiger partial charge in [0.05, 0.1) is 0 Å². The molecule has 0 spiro atoms. The summed E-state index contributed by atoms with van der Waals surface area (Å²) >= 11 is 5.84. The van der Waals surface area contributed by atoms with E-state index in [2.05, 4.69) is 4.98 Å². The minimum absolute atomic E-state index is 0.711. The number of halogens is 1. The van der Waals surface area contributed by atoms with Crippen molar-refractivity contribution in [2.24, 2.45) is 0 Å². The van der Waals surface area contributed by atoms with Crippen molar-refractivity contribution in [3.8, 4) is 0 Å². The lowest BCUT2D eigenvalue weighted by atomic mass is 10.2. The molecule has 1 N–H and O–H groups in total.